The lowest BCUT2D eigenvalue weighted by Crippen LogP contribution is -1.94. The standard InChI is InChI=1S/C6H4O5.C6H4O4.C6H6O3.3CH4/c7-5(8)3-1-2-4(11-3)6(9)10;7-3-4-1-2-5(10-4)6(8)9;7-3-5-1-2-6(4-8)9-5;;;/h1-2H,(H,7,8)(H,9,10);1-3H,(H,8,9);1-3,8H,4H2;3*1H4. The van der Waals surface area contributed by atoms with Crippen LogP contribution in [0.15, 0.2) is 49.6 Å². The number of hydrogen-bond donors (Lipinski definition) is 4. The largest absolute Gasteiger partial charge is 0.475 e. The van der Waals surface area contributed by atoms with Gasteiger partial charge in [-0.3, -0.25) is 9.59 Å². The highest BCUT2D eigenvalue weighted by Gasteiger charge is 2.12. The van der Waals surface area contributed by atoms with E-state index in [1.54, 1.807) is 6.07 Å². The molecule has 0 fully saturated rings. The zero-order valence-corrected chi connectivity index (χ0v) is 14.9. The highest BCUT2D eigenvalue weighted by Crippen LogP contribution is 2.07. The molecule has 12 nitrogen and oxygen atoms in total. The Bertz CT molecular complexity index is 993. The highest BCUT2D eigenvalue weighted by molar-refractivity contribution is 5.89. The summed E-state index contributed by atoms with van der Waals surface area (Å²) >= 11 is 0. The second-order valence-corrected chi connectivity index (χ2v) is 4.98. The third-order valence-corrected chi connectivity index (χ3v) is 2.94. The predicted octanol–water partition coefficient (Wildman–Crippen LogP) is 3.96. The average molecular weight is 470 g/mol. The fourth-order valence-corrected chi connectivity index (χ4v) is 1.64. The van der Waals surface area contributed by atoms with Crippen LogP contribution >= 0.6 is 0 Å². The molecular formula is C21H26O12. The van der Waals surface area contributed by atoms with E-state index in [0.29, 0.717) is 18.3 Å². The van der Waals surface area contributed by atoms with Crippen LogP contribution in [0.4, 0.5) is 0 Å². The van der Waals surface area contributed by atoms with Crippen molar-refractivity contribution in [3.63, 3.8) is 0 Å². The van der Waals surface area contributed by atoms with E-state index in [2.05, 4.69) is 8.83 Å². The number of furan rings is 3. The summed E-state index contributed by atoms with van der Waals surface area (Å²) in [7, 11) is 0. The lowest BCUT2D eigenvalue weighted by atomic mass is 10.4. The minimum Gasteiger partial charge on any atom is -0.475 e. The molecule has 0 aliphatic heterocycles. The molecule has 3 aromatic heterocycles. The number of carbonyl (C=O) groups excluding carboxylic acids is 2. The SMILES string of the molecule is C.C.C.O=C(O)c1ccc(C(=O)O)o1.O=Cc1ccc(C(=O)O)o1.O=Cc1ccc(CO)o1. The van der Waals surface area contributed by atoms with Crippen LogP contribution in [0.2, 0.25) is 0 Å². The first kappa shape index (κ1) is 33.2. The summed E-state index contributed by atoms with van der Waals surface area (Å²) in [4.78, 5) is 50.3. The Morgan fingerprint density at radius 1 is 0.636 bits per heavy atom. The number of aldehydes is 2. The van der Waals surface area contributed by atoms with Gasteiger partial charge in [-0.25, -0.2) is 14.4 Å². The van der Waals surface area contributed by atoms with E-state index in [4.69, 9.17) is 24.8 Å². The van der Waals surface area contributed by atoms with Crippen LogP contribution < -0.4 is 0 Å². The fourth-order valence-electron chi connectivity index (χ4n) is 1.64. The molecule has 4 N–H and O–H groups in total. The van der Waals surface area contributed by atoms with Crippen molar-refractivity contribution in [1.82, 2.24) is 0 Å². The number of carboxylic acids is 3. The molecule has 0 spiro atoms. The van der Waals surface area contributed by atoms with Gasteiger partial charge in [-0.1, -0.05) is 22.3 Å². The molecule has 0 unspecified atom stereocenters. The second-order valence-electron chi connectivity index (χ2n) is 4.98. The first-order valence-corrected chi connectivity index (χ1v) is 7.71. The number of carboxylic acid groups (broad SMARTS) is 3. The summed E-state index contributed by atoms with van der Waals surface area (Å²) in [6, 6.07) is 7.78. The summed E-state index contributed by atoms with van der Waals surface area (Å²) < 4.78 is 13.7. The van der Waals surface area contributed by atoms with Gasteiger partial charge in [0.25, 0.3) is 0 Å². The van der Waals surface area contributed by atoms with Gasteiger partial charge in [0.2, 0.25) is 17.3 Å². The van der Waals surface area contributed by atoms with Crippen LogP contribution in [0.1, 0.15) is 80.8 Å². The van der Waals surface area contributed by atoms with Gasteiger partial charge in [-0.15, -0.1) is 0 Å². The smallest absolute Gasteiger partial charge is 0.371 e. The first-order chi connectivity index (χ1) is 14.2. The zero-order valence-electron chi connectivity index (χ0n) is 14.9. The summed E-state index contributed by atoms with van der Waals surface area (Å²) in [5.74, 6) is -4.01. The van der Waals surface area contributed by atoms with Crippen molar-refractivity contribution in [1.29, 1.82) is 0 Å². The Morgan fingerprint density at radius 3 is 1.24 bits per heavy atom. The number of hydrogen-bond acceptors (Lipinski definition) is 9. The molecule has 3 heterocycles. The molecule has 33 heavy (non-hydrogen) atoms. The normalized spacial score (nSPS) is 8.52. The number of rotatable bonds is 6. The van der Waals surface area contributed by atoms with Crippen molar-refractivity contribution in [3.8, 4) is 0 Å². The Labute approximate surface area is 188 Å². The molecule has 0 aliphatic rings. The van der Waals surface area contributed by atoms with Crippen LogP contribution in [0.3, 0.4) is 0 Å². The number of carbonyl (C=O) groups is 5. The van der Waals surface area contributed by atoms with Crippen LogP contribution in [0.25, 0.3) is 0 Å². The molecule has 0 radical (unpaired) electrons. The molecule has 0 bridgehead atoms. The fraction of sp³-hybridized carbons (Fsp3) is 0.190. The van der Waals surface area contributed by atoms with Crippen molar-refractivity contribution in [2.45, 2.75) is 28.9 Å². The van der Waals surface area contributed by atoms with Crippen LogP contribution in [0, 0.1) is 0 Å². The van der Waals surface area contributed by atoms with E-state index in [-0.39, 0.29) is 57.7 Å². The van der Waals surface area contributed by atoms with Gasteiger partial charge in [-0.2, -0.15) is 0 Å². The molecule has 182 valence electrons. The van der Waals surface area contributed by atoms with Gasteiger partial charge in [-0.05, 0) is 36.4 Å². The predicted molar refractivity (Wildman–Crippen MR) is 114 cm³/mol. The van der Waals surface area contributed by atoms with E-state index in [1.165, 1.54) is 18.2 Å². The maximum Gasteiger partial charge on any atom is 0.371 e. The van der Waals surface area contributed by atoms with Crippen molar-refractivity contribution >= 4 is 30.5 Å². The van der Waals surface area contributed by atoms with Crippen molar-refractivity contribution in [2.75, 3.05) is 0 Å². The molecule has 0 amide bonds. The number of aliphatic hydroxyl groups is 1. The Kier molecular flexibility index (Phi) is 16.4. The first-order valence-electron chi connectivity index (χ1n) is 7.71. The summed E-state index contributed by atoms with van der Waals surface area (Å²) in [6.45, 7) is -0.159. The minimum atomic E-state index is -1.28. The van der Waals surface area contributed by atoms with E-state index >= 15 is 0 Å². The highest BCUT2D eigenvalue weighted by atomic mass is 16.4. The molecule has 0 atom stereocenters. The van der Waals surface area contributed by atoms with Crippen LogP contribution in [-0.2, 0) is 6.61 Å². The van der Waals surface area contributed by atoms with Crippen LogP contribution in [-0.4, -0.2) is 50.9 Å². The van der Waals surface area contributed by atoms with Gasteiger partial charge in [0, 0.05) is 0 Å². The number of aromatic carboxylic acids is 3. The molecule has 0 saturated carbocycles. The van der Waals surface area contributed by atoms with Gasteiger partial charge in [0.15, 0.2) is 24.1 Å². The maximum atomic E-state index is 10.2. The van der Waals surface area contributed by atoms with Gasteiger partial charge in [0.05, 0.1) is 0 Å². The zero-order chi connectivity index (χ0) is 22.7. The molecule has 3 rings (SSSR count). The lowest BCUT2D eigenvalue weighted by Gasteiger charge is -1.84. The molecule has 0 saturated heterocycles. The van der Waals surface area contributed by atoms with Crippen LogP contribution in [0.5, 0.6) is 0 Å². The third kappa shape index (κ3) is 10.9. The molecular weight excluding hydrogens is 444 g/mol. The Balaban J connectivity index is -0.000000393. The number of aliphatic hydroxyl groups excluding tert-OH is 1. The molecule has 12 heteroatoms. The van der Waals surface area contributed by atoms with E-state index in [0.717, 1.165) is 12.1 Å². The summed E-state index contributed by atoms with van der Waals surface area (Å²) in [6.07, 6.45) is 1.05. The Morgan fingerprint density at radius 2 is 1.00 bits per heavy atom. The molecule has 0 aromatic carbocycles. The van der Waals surface area contributed by atoms with Gasteiger partial charge < -0.3 is 33.7 Å². The van der Waals surface area contributed by atoms with Crippen molar-refractivity contribution < 1.29 is 57.7 Å². The third-order valence-electron chi connectivity index (χ3n) is 2.94. The lowest BCUT2D eigenvalue weighted by molar-refractivity contribution is 0.0625. The van der Waals surface area contributed by atoms with Crippen molar-refractivity contribution in [3.05, 3.63) is 71.0 Å². The van der Waals surface area contributed by atoms with E-state index in [9.17, 15) is 24.0 Å². The maximum absolute atomic E-state index is 10.2. The van der Waals surface area contributed by atoms with Gasteiger partial charge in [0.1, 0.15) is 12.4 Å². The monoisotopic (exact) mass is 470 g/mol. The molecule has 3 aromatic rings. The van der Waals surface area contributed by atoms with E-state index < -0.39 is 17.9 Å². The summed E-state index contributed by atoms with van der Waals surface area (Å²) in [5.41, 5.74) is 0. The molecule has 0 aliphatic carbocycles. The van der Waals surface area contributed by atoms with E-state index in [1.807, 2.05) is 0 Å². The summed E-state index contributed by atoms with van der Waals surface area (Å²) in [5, 5.41) is 33.3. The second kappa shape index (κ2) is 16.3. The quantitative estimate of drug-likeness (QED) is 0.378. The van der Waals surface area contributed by atoms with Crippen molar-refractivity contribution in [2.24, 2.45) is 0 Å². The Hall–Kier alpha value is -4.45. The topological polar surface area (TPSA) is 206 Å². The van der Waals surface area contributed by atoms with Gasteiger partial charge >= 0.3 is 17.9 Å². The minimum absolute atomic E-state index is 0. The average Bonchev–Trinajstić information content (AvgIpc) is 3.48.